The highest BCUT2D eigenvalue weighted by molar-refractivity contribution is 5.89. The van der Waals surface area contributed by atoms with E-state index in [1.54, 1.807) is 4.90 Å². The second-order valence-electron chi connectivity index (χ2n) is 9.13. The molecule has 0 atom stereocenters. The number of anilines is 1. The molecule has 0 radical (unpaired) electrons. The van der Waals surface area contributed by atoms with Crippen molar-refractivity contribution in [2.24, 2.45) is 0 Å². The van der Waals surface area contributed by atoms with Crippen molar-refractivity contribution in [2.75, 3.05) is 31.5 Å². The van der Waals surface area contributed by atoms with Crippen LogP contribution in [0.1, 0.15) is 32.2 Å². The Bertz CT molecular complexity index is 1120. The van der Waals surface area contributed by atoms with Gasteiger partial charge in [0.1, 0.15) is 0 Å². The number of hydrogen-bond acceptors (Lipinski definition) is 5. The number of aromatic nitrogens is 4. The van der Waals surface area contributed by atoms with Crippen molar-refractivity contribution < 1.29 is 13.6 Å². The number of nitrogens with one attached hydrogen (secondary N) is 1. The minimum Gasteiger partial charge on any atom is -0.322 e. The van der Waals surface area contributed by atoms with Crippen LogP contribution in [0.5, 0.6) is 0 Å². The summed E-state index contributed by atoms with van der Waals surface area (Å²) in [6.07, 6.45) is 0. The number of rotatable bonds is 4. The lowest BCUT2D eigenvalue weighted by molar-refractivity contribution is 0.140. The van der Waals surface area contributed by atoms with E-state index >= 15 is 0 Å². The van der Waals surface area contributed by atoms with E-state index in [1.807, 2.05) is 24.3 Å². The Labute approximate surface area is 191 Å². The Morgan fingerprint density at radius 1 is 1.00 bits per heavy atom. The average molecular weight is 456 g/mol. The number of hydrogen-bond donors (Lipinski definition) is 1. The number of urea groups is 1. The standard InChI is InChI=1S/C23H27F2N7O/c1-23(2,3)16-4-6-17(7-5-16)26-22(33)31-12-10-30(11-13-31)15-21-27-28-29-32(21)18-8-9-19(24)20(25)14-18/h4-9,14H,10-13,15H2,1-3H3,(H,26,33). The average Bonchev–Trinajstić information content (AvgIpc) is 3.24. The highest BCUT2D eigenvalue weighted by Gasteiger charge is 2.23. The molecule has 2 amide bonds. The van der Waals surface area contributed by atoms with Crippen molar-refractivity contribution in [2.45, 2.75) is 32.7 Å². The SMILES string of the molecule is CC(C)(C)c1ccc(NC(=O)N2CCN(Cc3nnnn3-c3ccc(F)c(F)c3)CC2)cc1. The zero-order valence-corrected chi connectivity index (χ0v) is 18.9. The van der Waals surface area contributed by atoms with E-state index in [9.17, 15) is 13.6 Å². The fraction of sp³-hybridized carbons (Fsp3) is 0.391. The minimum absolute atomic E-state index is 0.0590. The molecule has 1 saturated heterocycles. The number of halogens is 2. The molecule has 174 valence electrons. The number of carbonyl (C=O) groups excluding carboxylic acids is 1. The minimum atomic E-state index is -0.957. The molecule has 0 aliphatic carbocycles. The molecule has 4 rings (SSSR count). The Hall–Kier alpha value is -3.40. The van der Waals surface area contributed by atoms with E-state index < -0.39 is 11.6 Å². The van der Waals surface area contributed by atoms with E-state index in [-0.39, 0.29) is 11.4 Å². The van der Waals surface area contributed by atoms with Gasteiger partial charge in [-0.25, -0.2) is 13.6 Å². The largest absolute Gasteiger partial charge is 0.322 e. The molecule has 0 spiro atoms. The lowest BCUT2D eigenvalue weighted by Gasteiger charge is -2.34. The summed E-state index contributed by atoms with van der Waals surface area (Å²) in [4.78, 5) is 16.6. The topological polar surface area (TPSA) is 79.2 Å². The van der Waals surface area contributed by atoms with Gasteiger partial charge in [-0.05, 0) is 45.7 Å². The maximum Gasteiger partial charge on any atom is 0.321 e. The molecular formula is C23H27F2N7O. The number of tetrazole rings is 1. The van der Waals surface area contributed by atoms with E-state index in [0.29, 0.717) is 44.2 Å². The zero-order chi connectivity index (χ0) is 23.6. The van der Waals surface area contributed by atoms with Crippen LogP contribution in [0.3, 0.4) is 0 Å². The van der Waals surface area contributed by atoms with Crippen LogP contribution in [0.4, 0.5) is 19.3 Å². The highest BCUT2D eigenvalue weighted by atomic mass is 19.2. The predicted octanol–water partition coefficient (Wildman–Crippen LogP) is 3.59. The van der Waals surface area contributed by atoms with E-state index in [4.69, 9.17) is 0 Å². The molecule has 2 aromatic carbocycles. The van der Waals surface area contributed by atoms with Gasteiger partial charge in [-0.15, -0.1) is 5.10 Å². The van der Waals surface area contributed by atoms with Crippen molar-refractivity contribution in [3.63, 3.8) is 0 Å². The zero-order valence-electron chi connectivity index (χ0n) is 18.9. The number of piperazine rings is 1. The molecule has 33 heavy (non-hydrogen) atoms. The van der Waals surface area contributed by atoms with Crippen molar-refractivity contribution in [3.05, 3.63) is 65.5 Å². The fourth-order valence-corrected chi connectivity index (χ4v) is 3.69. The summed E-state index contributed by atoms with van der Waals surface area (Å²) < 4.78 is 28.2. The molecule has 1 aliphatic rings. The molecule has 2 heterocycles. The van der Waals surface area contributed by atoms with E-state index in [2.05, 4.69) is 46.5 Å². The summed E-state index contributed by atoms with van der Waals surface area (Å²) >= 11 is 0. The van der Waals surface area contributed by atoms with Crippen LogP contribution in [-0.4, -0.2) is 62.2 Å². The summed E-state index contributed by atoms with van der Waals surface area (Å²) in [6.45, 7) is 9.26. The first-order valence-corrected chi connectivity index (χ1v) is 10.8. The van der Waals surface area contributed by atoms with Crippen LogP contribution >= 0.6 is 0 Å². The maximum absolute atomic E-state index is 13.6. The first-order valence-electron chi connectivity index (χ1n) is 10.8. The Kier molecular flexibility index (Phi) is 6.37. The normalized spacial score (nSPS) is 15.0. The Balaban J connectivity index is 1.32. The van der Waals surface area contributed by atoms with Crippen LogP contribution in [0.15, 0.2) is 42.5 Å². The van der Waals surface area contributed by atoms with Crippen LogP contribution in [0.2, 0.25) is 0 Å². The number of carbonyl (C=O) groups is 1. The summed E-state index contributed by atoms with van der Waals surface area (Å²) in [5.74, 6) is -1.37. The van der Waals surface area contributed by atoms with Gasteiger partial charge in [-0.2, -0.15) is 4.68 Å². The molecule has 1 aliphatic heterocycles. The molecule has 1 N–H and O–H groups in total. The maximum atomic E-state index is 13.6. The van der Waals surface area contributed by atoms with Gasteiger partial charge in [-0.3, -0.25) is 4.90 Å². The molecule has 0 bridgehead atoms. The third kappa shape index (κ3) is 5.33. The number of amides is 2. The van der Waals surface area contributed by atoms with Crippen LogP contribution in [-0.2, 0) is 12.0 Å². The predicted molar refractivity (Wildman–Crippen MR) is 120 cm³/mol. The Morgan fingerprint density at radius 2 is 1.70 bits per heavy atom. The second kappa shape index (κ2) is 9.22. The monoisotopic (exact) mass is 455 g/mol. The molecule has 1 fully saturated rings. The third-order valence-electron chi connectivity index (χ3n) is 5.71. The van der Waals surface area contributed by atoms with Gasteiger partial charge in [0.05, 0.1) is 12.2 Å². The summed E-state index contributed by atoms with van der Waals surface area (Å²) in [5.41, 5.74) is 2.38. The van der Waals surface area contributed by atoms with Crippen molar-refractivity contribution in [1.29, 1.82) is 0 Å². The molecule has 10 heteroatoms. The van der Waals surface area contributed by atoms with Crippen molar-refractivity contribution in [3.8, 4) is 5.69 Å². The van der Waals surface area contributed by atoms with Gasteiger partial charge in [0.2, 0.25) is 0 Å². The smallest absolute Gasteiger partial charge is 0.321 e. The molecule has 8 nitrogen and oxygen atoms in total. The van der Waals surface area contributed by atoms with Gasteiger partial charge in [-0.1, -0.05) is 32.9 Å². The number of benzene rings is 2. The lowest BCUT2D eigenvalue weighted by Crippen LogP contribution is -2.49. The first kappa shape index (κ1) is 22.8. The second-order valence-corrected chi connectivity index (χ2v) is 9.13. The van der Waals surface area contributed by atoms with E-state index in [0.717, 1.165) is 17.8 Å². The summed E-state index contributed by atoms with van der Waals surface area (Å²) in [5, 5.41) is 14.6. The Morgan fingerprint density at radius 3 is 2.33 bits per heavy atom. The molecule has 0 unspecified atom stereocenters. The number of nitrogens with zero attached hydrogens (tertiary/aromatic N) is 6. The van der Waals surface area contributed by atoms with E-state index in [1.165, 1.54) is 16.3 Å². The summed E-state index contributed by atoms with van der Waals surface area (Å²) in [6, 6.07) is 11.3. The van der Waals surface area contributed by atoms with Crippen LogP contribution in [0.25, 0.3) is 5.69 Å². The lowest BCUT2D eigenvalue weighted by atomic mass is 9.87. The van der Waals surface area contributed by atoms with Gasteiger partial charge >= 0.3 is 6.03 Å². The van der Waals surface area contributed by atoms with Gasteiger partial charge in [0.15, 0.2) is 17.5 Å². The van der Waals surface area contributed by atoms with Gasteiger partial charge in [0.25, 0.3) is 0 Å². The van der Waals surface area contributed by atoms with Crippen LogP contribution in [0, 0.1) is 11.6 Å². The van der Waals surface area contributed by atoms with Gasteiger partial charge < -0.3 is 10.2 Å². The quantitative estimate of drug-likeness (QED) is 0.651. The third-order valence-corrected chi connectivity index (χ3v) is 5.71. The molecule has 1 aromatic heterocycles. The first-order chi connectivity index (χ1) is 15.7. The van der Waals surface area contributed by atoms with Crippen molar-refractivity contribution in [1.82, 2.24) is 30.0 Å². The molecule has 3 aromatic rings. The highest BCUT2D eigenvalue weighted by Crippen LogP contribution is 2.23. The fourth-order valence-electron chi connectivity index (χ4n) is 3.69. The summed E-state index contributed by atoms with van der Waals surface area (Å²) in [7, 11) is 0. The van der Waals surface area contributed by atoms with Crippen molar-refractivity contribution >= 4 is 11.7 Å². The van der Waals surface area contributed by atoms with Gasteiger partial charge in [0, 0.05) is 37.9 Å². The van der Waals surface area contributed by atoms with Crippen LogP contribution < -0.4 is 5.32 Å². The molecule has 0 saturated carbocycles. The molecular weight excluding hydrogens is 428 g/mol.